The van der Waals surface area contributed by atoms with Crippen molar-refractivity contribution in [2.75, 3.05) is 5.75 Å². The van der Waals surface area contributed by atoms with Gasteiger partial charge in [0.25, 0.3) is 0 Å². The first-order chi connectivity index (χ1) is 10.9. The number of carbonyl (C=O) groups excluding carboxylic acids is 2. The van der Waals surface area contributed by atoms with Crippen LogP contribution >= 0.6 is 30.1 Å². The Hall–Kier alpha value is 0.150. The van der Waals surface area contributed by atoms with Gasteiger partial charge in [0.05, 0.1) is 0 Å². The van der Waals surface area contributed by atoms with Crippen molar-refractivity contribution >= 4 is 41.9 Å². The van der Waals surface area contributed by atoms with E-state index >= 15 is 0 Å². The van der Waals surface area contributed by atoms with Crippen LogP contribution in [0.2, 0.25) is 0 Å². The Kier molecular flexibility index (Phi) is 8.83. The second-order valence-corrected chi connectivity index (χ2v) is 9.70. The minimum atomic E-state index is -1.37. The van der Waals surface area contributed by atoms with Gasteiger partial charge in [0.15, 0.2) is 5.78 Å². The highest BCUT2D eigenvalue weighted by atomic mass is 127. The van der Waals surface area contributed by atoms with Crippen molar-refractivity contribution in [3.63, 3.8) is 0 Å². The Labute approximate surface area is 155 Å². The topological polar surface area (TPSA) is 43.4 Å². The lowest BCUT2D eigenvalue weighted by Crippen LogP contribution is -2.52. The van der Waals surface area contributed by atoms with Crippen LogP contribution < -0.4 is 0 Å². The molecule has 3 nitrogen and oxygen atoms in total. The van der Waals surface area contributed by atoms with E-state index < -0.39 is 16.8 Å². The van der Waals surface area contributed by atoms with Gasteiger partial charge in [-0.3, -0.25) is 9.74 Å². The van der Waals surface area contributed by atoms with Crippen LogP contribution in [0.1, 0.15) is 72.1 Å². The van der Waals surface area contributed by atoms with E-state index in [-0.39, 0.29) is 12.2 Å². The molecule has 0 aromatic carbocycles. The molecule has 1 atom stereocenters. The Bertz CT molecular complexity index is 393. The van der Waals surface area contributed by atoms with E-state index in [0.29, 0.717) is 18.8 Å². The Morgan fingerprint density at radius 1 is 1.26 bits per heavy atom. The molecule has 0 heterocycles. The second-order valence-electron chi connectivity index (χ2n) is 7.20. The van der Waals surface area contributed by atoms with Crippen molar-refractivity contribution < 1.29 is 19.1 Å². The zero-order valence-electron chi connectivity index (χ0n) is 14.3. The molecule has 1 aliphatic carbocycles. The summed E-state index contributed by atoms with van der Waals surface area (Å²) < 4.78 is 13.0. The zero-order chi connectivity index (χ0) is 17.5. The SMILES string of the molecule is CCC(=O)C(CC1CCCCC1)(C(=O)OF)C(C)(C)CCSI. The van der Waals surface area contributed by atoms with Crippen LogP contribution in [0.25, 0.3) is 0 Å². The first-order valence-electron chi connectivity index (χ1n) is 8.45. The molecule has 0 amide bonds. The van der Waals surface area contributed by atoms with E-state index in [1.54, 1.807) is 15.9 Å². The van der Waals surface area contributed by atoms with Crippen LogP contribution in [-0.2, 0) is 14.5 Å². The minimum Gasteiger partial charge on any atom is -0.298 e. The standard InChI is InChI=1S/C17H28FIO3S/c1-4-14(20)17(15(21)22-18,16(2,3)10-11-23-19)12-13-8-6-5-7-9-13/h13H,4-12H2,1-3H3. The first kappa shape index (κ1) is 21.2. The molecular weight excluding hydrogens is 430 g/mol. The molecule has 0 spiro atoms. The van der Waals surface area contributed by atoms with Gasteiger partial charge in [0.2, 0.25) is 0 Å². The van der Waals surface area contributed by atoms with Gasteiger partial charge in [0.1, 0.15) is 5.41 Å². The summed E-state index contributed by atoms with van der Waals surface area (Å²) in [6, 6.07) is 0. The van der Waals surface area contributed by atoms with Gasteiger partial charge < -0.3 is 0 Å². The third-order valence-electron chi connectivity index (χ3n) is 5.49. The lowest BCUT2D eigenvalue weighted by atomic mass is 9.56. The highest BCUT2D eigenvalue weighted by Gasteiger charge is 2.57. The molecule has 23 heavy (non-hydrogen) atoms. The third kappa shape index (κ3) is 4.83. The van der Waals surface area contributed by atoms with Crippen LogP contribution in [0.5, 0.6) is 0 Å². The van der Waals surface area contributed by atoms with E-state index in [1.165, 1.54) is 6.42 Å². The maximum atomic E-state index is 13.0. The van der Waals surface area contributed by atoms with Gasteiger partial charge in [-0.25, -0.2) is 4.79 Å². The average molecular weight is 458 g/mol. The zero-order valence-corrected chi connectivity index (χ0v) is 17.3. The molecule has 1 unspecified atom stereocenters. The monoisotopic (exact) mass is 458 g/mol. The van der Waals surface area contributed by atoms with Gasteiger partial charge in [-0.2, -0.15) is 0 Å². The van der Waals surface area contributed by atoms with Crippen molar-refractivity contribution in [3.05, 3.63) is 0 Å². The molecule has 1 rings (SSSR count). The average Bonchev–Trinajstić information content (AvgIpc) is 2.57. The van der Waals surface area contributed by atoms with Crippen molar-refractivity contribution in [2.24, 2.45) is 16.7 Å². The third-order valence-corrected chi connectivity index (χ3v) is 7.17. The van der Waals surface area contributed by atoms with Crippen LogP contribution in [-0.4, -0.2) is 17.5 Å². The van der Waals surface area contributed by atoms with Gasteiger partial charge in [-0.1, -0.05) is 61.8 Å². The molecule has 1 saturated carbocycles. The number of carbonyl (C=O) groups is 2. The van der Waals surface area contributed by atoms with Crippen molar-refractivity contribution in [1.82, 2.24) is 0 Å². The van der Waals surface area contributed by atoms with Gasteiger partial charge in [-0.05, 0) is 45.4 Å². The normalized spacial score (nSPS) is 19.2. The maximum Gasteiger partial charge on any atom is 0.362 e. The summed E-state index contributed by atoms with van der Waals surface area (Å²) >= 11 is 2.21. The summed E-state index contributed by atoms with van der Waals surface area (Å²) in [7, 11) is 1.64. The van der Waals surface area contributed by atoms with E-state index in [2.05, 4.69) is 26.1 Å². The predicted octanol–water partition coefficient (Wildman–Crippen LogP) is 5.85. The van der Waals surface area contributed by atoms with Gasteiger partial charge in [0, 0.05) is 16.7 Å². The van der Waals surface area contributed by atoms with E-state index in [1.807, 2.05) is 13.8 Å². The van der Waals surface area contributed by atoms with E-state index in [4.69, 9.17) is 0 Å². The number of rotatable bonds is 9. The summed E-state index contributed by atoms with van der Waals surface area (Å²) in [5.74, 6) is -0.0614. The smallest absolute Gasteiger partial charge is 0.298 e. The van der Waals surface area contributed by atoms with E-state index in [0.717, 1.165) is 31.4 Å². The quantitative estimate of drug-likeness (QED) is 0.321. The summed E-state index contributed by atoms with van der Waals surface area (Å²) in [5, 5.41) is 0. The molecule has 134 valence electrons. The largest absolute Gasteiger partial charge is 0.362 e. The molecule has 0 N–H and O–H groups in total. The lowest BCUT2D eigenvalue weighted by Gasteiger charge is -2.44. The predicted molar refractivity (Wildman–Crippen MR) is 101 cm³/mol. The first-order valence-corrected chi connectivity index (χ1v) is 12.0. The molecule has 0 aromatic rings. The molecule has 0 aliphatic heterocycles. The molecule has 1 aliphatic rings. The number of halogens is 2. The second kappa shape index (κ2) is 9.59. The van der Waals surface area contributed by atoms with Crippen molar-refractivity contribution in [2.45, 2.75) is 72.1 Å². The van der Waals surface area contributed by atoms with Crippen LogP contribution in [0.15, 0.2) is 0 Å². The van der Waals surface area contributed by atoms with Crippen LogP contribution in [0.4, 0.5) is 4.53 Å². The molecule has 0 aromatic heterocycles. The summed E-state index contributed by atoms with van der Waals surface area (Å²) in [4.78, 5) is 29.0. The van der Waals surface area contributed by atoms with Crippen LogP contribution in [0, 0.1) is 16.7 Å². The fraction of sp³-hybridized carbons (Fsp3) is 0.882. The lowest BCUT2D eigenvalue weighted by molar-refractivity contribution is -0.207. The molecular formula is C17H28FIO3S. The summed E-state index contributed by atoms with van der Waals surface area (Å²) in [5.41, 5.74) is -2.00. The Morgan fingerprint density at radius 2 is 1.87 bits per heavy atom. The molecule has 0 radical (unpaired) electrons. The van der Waals surface area contributed by atoms with Crippen molar-refractivity contribution in [1.29, 1.82) is 0 Å². The van der Waals surface area contributed by atoms with Crippen molar-refractivity contribution in [3.8, 4) is 0 Å². The Balaban J connectivity index is 3.22. The number of hydrogen-bond donors (Lipinski definition) is 0. The fourth-order valence-corrected chi connectivity index (χ4v) is 5.19. The fourth-order valence-electron chi connectivity index (χ4n) is 3.94. The van der Waals surface area contributed by atoms with Crippen LogP contribution in [0.3, 0.4) is 0 Å². The highest BCUT2D eigenvalue weighted by Crippen LogP contribution is 2.51. The minimum absolute atomic E-state index is 0.186. The highest BCUT2D eigenvalue weighted by molar-refractivity contribution is 14.2. The molecule has 0 saturated heterocycles. The summed E-state index contributed by atoms with van der Waals surface area (Å²) in [6.45, 7) is 5.56. The van der Waals surface area contributed by atoms with E-state index in [9.17, 15) is 14.1 Å². The molecule has 1 fully saturated rings. The summed E-state index contributed by atoms with van der Waals surface area (Å²) in [6.07, 6.45) is 6.78. The number of ketones is 1. The van der Waals surface area contributed by atoms with Gasteiger partial charge >= 0.3 is 5.97 Å². The Morgan fingerprint density at radius 3 is 2.35 bits per heavy atom. The maximum absolute atomic E-state index is 13.0. The number of Topliss-reactive ketones (excluding diaryl/α,β-unsaturated/α-hetero) is 1. The van der Waals surface area contributed by atoms with Gasteiger partial charge in [-0.15, -0.1) is 0 Å². The molecule has 6 heteroatoms. The number of hydrogen-bond acceptors (Lipinski definition) is 4. The molecule has 0 bridgehead atoms.